The van der Waals surface area contributed by atoms with E-state index in [0.29, 0.717) is 0 Å². The first kappa shape index (κ1) is 14.6. The molecule has 0 heterocycles. The van der Waals surface area contributed by atoms with Crippen LogP contribution in [0, 0.1) is 0 Å². The molecule has 0 bridgehead atoms. The molecule has 2 heteroatoms. The highest BCUT2D eigenvalue weighted by Gasteiger charge is 2.21. The van der Waals surface area contributed by atoms with Crippen LogP contribution in [0.4, 0.5) is 0 Å². The Balaban J connectivity index is 2.44. The molecule has 2 rings (SSSR count). The second-order valence-electron chi connectivity index (χ2n) is 6.02. The maximum absolute atomic E-state index is 10.5. The van der Waals surface area contributed by atoms with E-state index in [9.17, 15) is 5.11 Å². The molecule has 0 fully saturated rings. The Hall–Kier alpha value is -1.80. The zero-order chi connectivity index (χ0) is 14.8. The van der Waals surface area contributed by atoms with E-state index in [2.05, 4.69) is 20.8 Å². The van der Waals surface area contributed by atoms with Gasteiger partial charge in [-0.1, -0.05) is 57.2 Å². The van der Waals surface area contributed by atoms with E-state index in [4.69, 9.17) is 4.74 Å². The third-order valence-corrected chi connectivity index (χ3v) is 3.46. The van der Waals surface area contributed by atoms with Gasteiger partial charge in [-0.25, -0.2) is 0 Å². The van der Waals surface area contributed by atoms with Crippen LogP contribution in [-0.4, -0.2) is 12.2 Å². The topological polar surface area (TPSA) is 29.5 Å². The van der Waals surface area contributed by atoms with Gasteiger partial charge >= 0.3 is 0 Å². The lowest BCUT2D eigenvalue weighted by molar-refractivity contribution is 0.220. The molecule has 0 radical (unpaired) electrons. The Bertz CT molecular complexity index is 568. The number of ether oxygens (including phenoxy) is 1. The molecular weight excluding hydrogens is 248 g/mol. The number of benzene rings is 2. The SMILES string of the molecule is COc1ccc(C(O)c2ccccc2)cc1C(C)(C)C. The predicted octanol–water partition coefficient (Wildman–Crippen LogP) is 4.07. The van der Waals surface area contributed by atoms with Crippen molar-refractivity contribution in [3.8, 4) is 5.75 Å². The highest BCUT2D eigenvalue weighted by Crippen LogP contribution is 2.34. The largest absolute Gasteiger partial charge is 0.496 e. The molecule has 1 N–H and O–H groups in total. The average molecular weight is 270 g/mol. The molecule has 1 unspecified atom stereocenters. The van der Waals surface area contributed by atoms with Crippen LogP contribution in [0.2, 0.25) is 0 Å². The lowest BCUT2D eigenvalue weighted by atomic mass is 9.84. The molecule has 2 aromatic carbocycles. The number of aliphatic hydroxyl groups excluding tert-OH is 1. The third kappa shape index (κ3) is 3.02. The fourth-order valence-electron chi connectivity index (χ4n) is 2.31. The number of rotatable bonds is 3. The van der Waals surface area contributed by atoms with E-state index in [0.717, 1.165) is 22.4 Å². The molecule has 20 heavy (non-hydrogen) atoms. The Kier molecular flexibility index (Phi) is 4.15. The van der Waals surface area contributed by atoms with Gasteiger partial charge in [0.2, 0.25) is 0 Å². The van der Waals surface area contributed by atoms with E-state index in [1.807, 2.05) is 48.5 Å². The number of aliphatic hydroxyl groups is 1. The van der Waals surface area contributed by atoms with Gasteiger partial charge in [-0.15, -0.1) is 0 Å². The molecule has 0 saturated heterocycles. The van der Waals surface area contributed by atoms with Crippen LogP contribution in [0.1, 0.15) is 43.6 Å². The van der Waals surface area contributed by atoms with Crippen molar-refractivity contribution in [3.05, 3.63) is 65.2 Å². The smallest absolute Gasteiger partial charge is 0.122 e. The van der Waals surface area contributed by atoms with Crippen molar-refractivity contribution in [1.29, 1.82) is 0 Å². The first-order chi connectivity index (χ1) is 9.43. The van der Waals surface area contributed by atoms with Gasteiger partial charge in [0, 0.05) is 0 Å². The summed E-state index contributed by atoms with van der Waals surface area (Å²) in [6.07, 6.45) is -0.608. The minimum atomic E-state index is -0.608. The summed E-state index contributed by atoms with van der Waals surface area (Å²) in [4.78, 5) is 0. The number of methoxy groups -OCH3 is 1. The Labute approximate surface area is 121 Å². The molecule has 0 aromatic heterocycles. The Morgan fingerprint density at radius 1 is 0.950 bits per heavy atom. The molecule has 1 atom stereocenters. The zero-order valence-electron chi connectivity index (χ0n) is 12.6. The lowest BCUT2D eigenvalue weighted by Gasteiger charge is -2.24. The fraction of sp³-hybridized carbons (Fsp3) is 0.333. The number of hydrogen-bond acceptors (Lipinski definition) is 2. The maximum Gasteiger partial charge on any atom is 0.122 e. The third-order valence-electron chi connectivity index (χ3n) is 3.46. The second kappa shape index (κ2) is 5.68. The summed E-state index contributed by atoms with van der Waals surface area (Å²) in [6.45, 7) is 6.43. The van der Waals surface area contributed by atoms with Gasteiger partial charge in [0.05, 0.1) is 7.11 Å². The second-order valence-corrected chi connectivity index (χ2v) is 6.02. The summed E-state index contributed by atoms with van der Waals surface area (Å²) in [5, 5.41) is 10.5. The van der Waals surface area contributed by atoms with Gasteiger partial charge in [-0.2, -0.15) is 0 Å². The quantitative estimate of drug-likeness (QED) is 0.910. The zero-order valence-corrected chi connectivity index (χ0v) is 12.6. The molecule has 2 aromatic rings. The molecule has 0 spiro atoms. The minimum Gasteiger partial charge on any atom is -0.496 e. The van der Waals surface area contributed by atoms with Gasteiger partial charge in [0.1, 0.15) is 11.9 Å². The number of hydrogen-bond donors (Lipinski definition) is 1. The van der Waals surface area contributed by atoms with Crippen molar-refractivity contribution >= 4 is 0 Å². The van der Waals surface area contributed by atoms with Crippen LogP contribution in [0.25, 0.3) is 0 Å². The molecule has 106 valence electrons. The first-order valence-corrected chi connectivity index (χ1v) is 6.85. The molecule has 2 nitrogen and oxygen atoms in total. The molecule has 0 aliphatic rings. The summed E-state index contributed by atoms with van der Waals surface area (Å²) in [6, 6.07) is 15.6. The normalized spacial score (nSPS) is 13.1. The van der Waals surface area contributed by atoms with Crippen molar-refractivity contribution in [1.82, 2.24) is 0 Å². The minimum absolute atomic E-state index is 0.0300. The predicted molar refractivity (Wildman–Crippen MR) is 82.2 cm³/mol. The first-order valence-electron chi connectivity index (χ1n) is 6.85. The summed E-state index contributed by atoms with van der Waals surface area (Å²) in [7, 11) is 1.68. The fourth-order valence-corrected chi connectivity index (χ4v) is 2.31. The summed E-state index contributed by atoms with van der Waals surface area (Å²) >= 11 is 0. The molecule has 0 saturated carbocycles. The van der Waals surface area contributed by atoms with Crippen LogP contribution in [0.3, 0.4) is 0 Å². The highest BCUT2D eigenvalue weighted by molar-refractivity contribution is 5.44. The Morgan fingerprint density at radius 3 is 2.15 bits per heavy atom. The van der Waals surface area contributed by atoms with Crippen LogP contribution < -0.4 is 4.74 Å². The van der Waals surface area contributed by atoms with E-state index in [1.54, 1.807) is 7.11 Å². The standard InChI is InChI=1S/C18H22O2/c1-18(2,3)15-12-14(10-11-16(15)20-4)17(19)13-8-6-5-7-9-13/h5-12,17,19H,1-4H3. The van der Waals surface area contributed by atoms with Crippen molar-refractivity contribution in [3.63, 3.8) is 0 Å². The Morgan fingerprint density at radius 2 is 1.60 bits per heavy atom. The van der Waals surface area contributed by atoms with Gasteiger partial charge in [-0.3, -0.25) is 0 Å². The van der Waals surface area contributed by atoms with Crippen molar-refractivity contribution in [2.45, 2.75) is 32.3 Å². The lowest BCUT2D eigenvalue weighted by Crippen LogP contribution is -2.14. The van der Waals surface area contributed by atoms with Crippen molar-refractivity contribution in [2.24, 2.45) is 0 Å². The molecular formula is C18H22O2. The van der Waals surface area contributed by atoms with Crippen LogP contribution in [-0.2, 0) is 5.41 Å². The van der Waals surface area contributed by atoms with Gasteiger partial charge < -0.3 is 9.84 Å². The van der Waals surface area contributed by atoms with Gasteiger partial charge in [0.15, 0.2) is 0 Å². The van der Waals surface area contributed by atoms with E-state index in [1.165, 1.54) is 0 Å². The molecule has 0 aliphatic carbocycles. The van der Waals surface area contributed by atoms with Crippen LogP contribution in [0.15, 0.2) is 48.5 Å². The van der Waals surface area contributed by atoms with Gasteiger partial charge in [-0.05, 0) is 34.2 Å². The maximum atomic E-state index is 10.5. The summed E-state index contributed by atoms with van der Waals surface area (Å²) < 4.78 is 5.43. The monoisotopic (exact) mass is 270 g/mol. The van der Waals surface area contributed by atoms with E-state index >= 15 is 0 Å². The van der Waals surface area contributed by atoms with Crippen molar-refractivity contribution < 1.29 is 9.84 Å². The highest BCUT2D eigenvalue weighted by atomic mass is 16.5. The average Bonchev–Trinajstić information content (AvgIpc) is 2.46. The van der Waals surface area contributed by atoms with E-state index in [-0.39, 0.29) is 5.41 Å². The van der Waals surface area contributed by atoms with Crippen molar-refractivity contribution in [2.75, 3.05) is 7.11 Å². The molecule has 0 aliphatic heterocycles. The van der Waals surface area contributed by atoms with Crippen LogP contribution >= 0.6 is 0 Å². The van der Waals surface area contributed by atoms with Gasteiger partial charge in [0.25, 0.3) is 0 Å². The van der Waals surface area contributed by atoms with E-state index < -0.39 is 6.10 Å². The van der Waals surface area contributed by atoms with Crippen LogP contribution in [0.5, 0.6) is 5.75 Å². The summed E-state index contributed by atoms with van der Waals surface area (Å²) in [5.74, 6) is 0.863. The summed E-state index contributed by atoms with van der Waals surface area (Å²) in [5.41, 5.74) is 2.87. The molecule has 0 amide bonds.